The van der Waals surface area contributed by atoms with E-state index in [1.54, 1.807) is 30.3 Å². The van der Waals surface area contributed by atoms with E-state index in [0.29, 0.717) is 6.54 Å². The molecule has 1 aliphatic heterocycles. The molecule has 0 fully saturated rings. The smallest absolute Gasteiger partial charge is 0.290 e. The first-order chi connectivity index (χ1) is 11.0. The Balaban J connectivity index is 2.34. The van der Waals surface area contributed by atoms with E-state index in [9.17, 15) is 14.7 Å². The number of aliphatic hydroxyl groups excluding tert-OH is 1. The SMILES string of the molecule is CCC(=O)C1=C(O)C(=O)N(CCCN(C)C)C1c1cccnc1. The van der Waals surface area contributed by atoms with Crippen LogP contribution in [0.2, 0.25) is 0 Å². The van der Waals surface area contributed by atoms with E-state index in [-0.39, 0.29) is 17.8 Å². The van der Waals surface area contributed by atoms with Gasteiger partial charge in [-0.05, 0) is 38.7 Å². The molecule has 1 aromatic heterocycles. The normalized spacial score (nSPS) is 18.2. The fourth-order valence-corrected chi connectivity index (χ4v) is 2.80. The lowest BCUT2D eigenvalue weighted by Gasteiger charge is -2.27. The Morgan fingerprint density at radius 1 is 1.43 bits per heavy atom. The summed E-state index contributed by atoms with van der Waals surface area (Å²) in [6.45, 7) is 3.02. The lowest BCUT2D eigenvalue weighted by atomic mass is 9.96. The number of carbonyl (C=O) groups excluding carboxylic acids is 2. The number of ketones is 1. The highest BCUT2D eigenvalue weighted by molar-refractivity contribution is 6.08. The zero-order valence-corrected chi connectivity index (χ0v) is 13.8. The van der Waals surface area contributed by atoms with Gasteiger partial charge >= 0.3 is 0 Å². The lowest BCUT2D eigenvalue weighted by molar-refractivity contribution is -0.129. The van der Waals surface area contributed by atoms with Crippen molar-refractivity contribution in [2.45, 2.75) is 25.8 Å². The Kier molecular flexibility index (Phi) is 5.50. The zero-order valence-electron chi connectivity index (χ0n) is 13.8. The first kappa shape index (κ1) is 17.1. The second-order valence-electron chi connectivity index (χ2n) is 5.88. The standard InChI is InChI=1S/C17H23N3O3/c1-4-13(21)14-15(12-7-5-8-18-11-12)20(17(23)16(14)22)10-6-9-19(2)3/h5,7-8,11,15,22H,4,6,9-10H2,1-3H3. The molecule has 1 N–H and O–H groups in total. The minimum absolute atomic E-state index is 0.190. The molecule has 1 unspecified atom stereocenters. The average Bonchev–Trinajstić information content (AvgIpc) is 2.79. The molecule has 0 aliphatic carbocycles. The third kappa shape index (κ3) is 3.59. The summed E-state index contributed by atoms with van der Waals surface area (Å²) in [5.41, 5.74) is 0.932. The summed E-state index contributed by atoms with van der Waals surface area (Å²) in [6.07, 6.45) is 4.28. The number of rotatable bonds is 7. The second-order valence-corrected chi connectivity index (χ2v) is 5.88. The topological polar surface area (TPSA) is 73.7 Å². The van der Waals surface area contributed by atoms with Crippen LogP contribution in [0.25, 0.3) is 0 Å². The van der Waals surface area contributed by atoms with Crippen molar-refractivity contribution in [2.75, 3.05) is 27.2 Å². The van der Waals surface area contributed by atoms with Crippen molar-refractivity contribution in [3.63, 3.8) is 0 Å². The number of nitrogens with zero attached hydrogens (tertiary/aromatic N) is 3. The molecule has 1 atom stereocenters. The quantitative estimate of drug-likeness (QED) is 0.829. The predicted octanol–water partition coefficient (Wildman–Crippen LogP) is 1.71. The van der Waals surface area contributed by atoms with Gasteiger partial charge in [0, 0.05) is 25.4 Å². The van der Waals surface area contributed by atoms with E-state index in [1.807, 2.05) is 25.1 Å². The number of aromatic nitrogens is 1. The molecule has 2 heterocycles. The number of amides is 1. The van der Waals surface area contributed by atoms with Crippen molar-refractivity contribution in [1.82, 2.24) is 14.8 Å². The van der Waals surface area contributed by atoms with Crippen LogP contribution in [0, 0.1) is 0 Å². The van der Waals surface area contributed by atoms with Gasteiger partial charge in [0.1, 0.15) is 0 Å². The zero-order chi connectivity index (χ0) is 17.0. The van der Waals surface area contributed by atoms with Crippen LogP contribution >= 0.6 is 0 Å². The summed E-state index contributed by atoms with van der Waals surface area (Å²) in [4.78, 5) is 32.4. The minimum atomic E-state index is -0.550. The highest BCUT2D eigenvalue weighted by Gasteiger charge is 2.42. The van der Waals surface area contributed by atoms with Gasteiger partial charge in [0.25, 0.3) is 5.91 Å². The molecule has 0 spiro atoms. The average molecular weight is 317 g/mol. The van der Waals surface area contributed by atoms with Crippen LogP contribution in [-0.4, -0.2) is 58.8 Å². The first-order valence-corrected chi connectivity index (χ1v) is 7.79. The summed E-state index contributed by atoms with van der Waals surface area (Å²) in [5.74, 6) is -1.11. The van der Waals surface area contributed by atoms with E-state index in [2.05, 4.69) is 4.98 Å². The van der Waals surface area contributed by atoms with Gasteiger partial charge in [-0.25, -0.2) is 0 Å². The van der Waals surface area contributed by atoms with Gasteiger partial charge in [0.15, 0.2) is 11.5 Å². The maximum absolute atomic E-state index is 12.4. The molecular weight excluding hydrogens is 294 g/mol. The van der Waals surface area contributed by atoms with Crippen molar-refractivity contribution in [2.24, 2.45) is 0 Å². The van der Waals surface area contributed by atoms with Crippen LogP contribution in [0.3, 0.4) is 0 Å². The summed E-state index contributed by atoms with van der Waals surface area (Å²) in [6, 6.07) is 3.04. The predicted molar refractivity (Wildman–Crippen MR) is 86.8 cm³/mol. The summed E-state index contributed by atoms with van der Waals surface area (Å²) < 4.78 is 0. The molecule has 2 rings (SSSR count). The van der Waals surface area contributed by atoms with Crippen LogP contribution in [0.5, 0.6) is 0 Å². The Bertz CT molecular complexity index is 611. The molecule has 1 aromatic rings. The molecule has 124 valence electrons. The van der Waals surface area contributed by atoms with Crippen molar-refractivity contribution < 1.29 is 14.7 Å². The molecule has 6 heteroatoms. The van der Waals surface area contributed by atoms with Gasteiger partial charge in [0.2, 0.25) is 0 Å². The van der Waals surface area contributed by atoms with E-state index in [1.165, 1.54) is 0 Å². The molecular formula is C17H23N3O3. The van der Waals surface area contributed by atoms with Crippen molar-refractivity contribution in [3.8, 4) is 0 Å². The van der Waals surface area contributed by atoms with E-state index >= 15 is 0 Å². The molecule has 0 radical (unpaired) electrons. The Labute approximate surface area is 136 Å². The van der Waals surface area contributed by atoms with Crippen LogP contribution in [0.15, 0.2) is 35.9 Å². The van der Waals surface area contributed by atoms with Gasteiger partial charge in [0.05, 0.1) is 11.6 Å². The fourth-order valence-electron chi connectivity index (χ4n) is 2.80. The largest absolute Gasteiger partial charge is 0.503 e. The van der Waals surface area contributed by atoms with Crippen molar-refractivity contribution in [3.05, 3.63) is 41.4 Å². The Morgan fingerprint density at radius 2 is 2.17 bits per heavy atom. The van der Waals surface area contributed by atoms with Gasteiger partial charge in [-0.2, -0.15) is 0 Å². The number of aliphatic hydroxyl groups is 1. The number of Topliss-reactive ketones (excluding diaryl/α,β-unsaturated/α-hetero) is 1. The van der Waals surface area contributed by atoms with E-state index < -0.39 is 17.7 Å². The Morgan fingerprint density at radius 3 is 2.74 bits per heavy atom. The van der Waals surface area contributed by atoms with E-state index in [4.69, 9.17) is 0 Å². The fraction of sp³-hybridized carbons (Fsp3) is 0.471. The summed E-state index contributed by atoms with van der Waals surface area (Å²) in [5, 5.41) is 10.2. The molecule has 23 heavy (non-hydrogen) atoms. The van der Waals surface area contributed by atoms with Gasteiger partial charge in [-0.3, -0.25) is 14.6 Å². The van der Waals surface area contributed by atoms with Crippen LogP contribution in [-0.2, 0) is 9.59 Å². The van der Waals surface area contributed by atoms with E-state index in [0.717, 1.165) is 18.5 Å². The second kappa shape index (κ2) is 7.37. The highest BCUT2D eigenvalue weighted by Crippen LogP contribution is 2.37. The molecule has 0 saturated heterocycles. The molecule has 0 bridgehead atoms. The van der Waals surface area contributed by atoms with Gasteiger partial charge < -0.3 is 14.9 Å². The summed E-state index contributed by atoms with van der Waals surface area (Å²) in [7, 11) is 3.93. The van der Waals surface area contributed by atoms with Gasteiger partial charge in [-0.1, -0.05) is 13.0 Å². The molecule has 0 aromatic carbocycles. The van der Waals surface area contributed by atoms with Crippen molar-refractivity contribution >= 4 is 11.7 Å². The molecule has 6 nitrogen and oxygen atoms in total. The van der Waals surface area contributed by atoms with Crippen LogP contribution < -0.4 is 0 Å². The highest BCUT2D eigenvalue weighted by atomic mass is 16.3. The maximum Gasteiger partial charge on any atom is 0.290 e. The van der Waals surface area contributed by atoms with Gasteiger partial charge in [-0.15, -0.1) is 0 Å². The third-order valence-electron chi connectivity index (χ3n) is 3.93. The van der Waals surface area contributed by atoms with Crippen LogP contribution in [0.1, 0.15) is 31.4 Å². The molecule has 1 aliphatic rings. The molecule has 0 saturated carbocycles. The maximum atomic E-state index is 12.4. The monoisotopic (exact) mass is 317 g/mol. The third-order valence-corrected chi connectivity index (χ3v) is 3.93. The van der Waals surface area contributed by atoms with Crippen molar-refractivity contribution in [1.29, 1.82) is 0 Å². The molecule has 1 amide bonds. The number of hydrogen-bond acceptors (Lipinski definition) is 5. The minimum Gasteiger partial charge on any atom is -0.503 e. The number of carbonyl (C=O) groups is 2. The summed E-state index contributed by atoms with van der Waals surface area (Å²) >= 11 is 0. The first-order valence-electron chi connectivity index (χ1n) is 7.79. The number of hydrogen-bond donors (Lipinski definition) is 1. The lowest BCUT2D eigenvalue weighted by Crippen LogP contribution is -2.33. The van der Waals surface area contributed by atoms with Crippen LogP contribution in [0.4, 0.5) is 0 Å². The Hall–Kier alpha value is -2.21. The number of pyridine rings is 1.